The normalized spacial score (nSPS) is 41.3. The fourth-order valence-corrected chi connectivity index (χ4v) is 5.37. The van der Waals surface area contributed by atoms with E-state index in [0.29, 0.717) is 5.75 Å². The molecule has 1 aromatic carbocycles. The molecule has 0 aliphatic heterocycles. The van der Waals surface area contributed by atoms with Crippen molar-refractivity contribution < 1.29 is 9.50 Å². The molecule has 4 saturated carbocycles. The maximum absolute atomic E-state index is 13.5. The fraction of sp³-hybridized carbons (Fsp3) is 0.625. The first-order valence-corrected chi connectivity index (χ1v) is 7.14. The number of aromatic hydroxyl groups is 1. The topological polar surface area (TPSA) is 20.2 Å². The first-order chi connectivity index (χ1) is 8.64. The van der Waals surface area contributed by atoms with E-state index in [1.165, 1.54) is 31.4 Å². The van der Waals surface area contributed by atoms with E-state index >= 15 is 0 Å². The average Bonchev–Trinajstić information content (AvgIpc) is 2.30. The lowest BCUT2D eigenvalue weighted by molar-refractivity contribution is -0.00626. The number of phenols is 1. The van der Waals surface area contributed by atoms with Crippen molar-refractivity contribution in [3.05, 3.63) is 29.6 Å². The van der Waals surface area contributed by atoms with Crippen LogP contribution in [0.1, 0.15) is 44.1 Å². The molecule has 1 N–H and O–H groups in total. The Morgan fingerprint density at radius 3 is 2.11 bits per heavy atom. The summed E-state index contributed by atoms with van der Waals surface area (Å²) in [5.74, 6) is 2.55. The highest BCUT2D eigenvalue weighted by Gasteiger charge is 2.52. The minimum atomic E-state index is -0.210. The zero-order valence-corrected chi connectivity index (χ0v) is 10.5. The number of halogens is 1. The minimum Gasteiger partial charge on any atom is -0.508 e. The van der Waals surface area contributed by atoms with Crippen molar-refractivity contribution in [2.75, 3.05) is 0 Å². The van der Waals surface area contributed by atoms with Crippen LogP contribution in [0.3, 0.4) is 0 Å². The summed E-state index contributed by atoms with van der Waals surface area (Å²) >= 11 is 0. The number of rotatable bonds is 1. The third-order valence-electron chi connectivity index (χ3n) is 5.57. The molecular weight excluding hydrogens is 227 g/mol. The highest BCUT2D eigenvalue weighted by molar-refractivity contribution is 5.41. The van der Waals surface area contributed by atoms with Gasteiger partial charge in [-0.15, -0.1) is 0 Å². The second-order valence-corrected chi connectivity index (χ2v) is 6.86. The van der Waals surface area contributed by atoms with Gasteiger partial charge in [0.25, 0.3) is 0 Å². The van der Waals surface area contributed by atoms with Gasteiger partial charge in [0.1, 0.15) is 11.6 Å². The molecule has 0 spiro atoms. The van der Waals surface area contributed by atoms with Crippen LogP contribution in [0.2, 0.25) is 0 Å². The standard InChI is InChI=1S/C16H19FO/c17-13-1-2-15(18)14(6-13)16-7-10-3-11(8-16)5-12(4-10)9-16/h1-2,6,10-12,18H,3-5,7-9H2. The molecule has 0 atom stereocenters. The van der Waals surface area contributed by atoms with Gasteiger partial charge in [-0.05, 0) is 79.9 Å². The number of hydrogen-bond donors (Lipinski definition) is 1. The van der Waals surface area contributed by atoms with Crippen LogP contribution in [0.25, 0.3) is 0 Å². The van der Waals surface area contributed by atoms with Crippen LogP contribution in [0.4, 0.5) is 4.39 Å². The van der Waals surface area contributed by atoms with Crippen molar-refractivity contribution in [1.29, 1.82) is 0 Å². The number of phenolic OH excluding ortho intramolecular Hbond substituents is 1. The maximum atomic E-state index is 13.5. The van der Waals surface area contributed by atoms with E-state index in [1.54, 1.807) is 6.07 Å². The average molecular weight is 246 g/mol. The molecule has 4 fully saturated rings. The Bertz CT molecular complexity index is 459. The van der Waals surface area contributed by atoms with E-state index < -0.39 is 0 Å². The van der Waals surface area contributed by atoms with Crippen molar-refractivity contribution in [1.82, 2.24) is 0 Å². The first kappa shape index (κ1) is 10.8. The van der Waals surface area contributed by atoms with Gasteiger partial charge in [-0.3, -0.25) is 0 Å². The van der Waals surface area contributed by atoms with Gasteiger partial charge in [0.05, 0.1) is 0 Å². The molecule has 5 rings (SSSR count). The molecule has 0 unspecified atom stereocenters. The molecule has 0 radical (unpaired) electrons. The monoisotopic (exact) mass is 246 g/mol. The van der Waals surface area contributed by atoms with E-state index in [1.807, 2.05) is 0 Å². The molecule has 0 amide bonds. The van der Waals surface area contributed by atoms with Gasteiger partial charge in [0.2, 0.25) is 0 Å². The summed E-state index contributed by atoms with van der Waals surface area (Å²) in [5, 5.41) is 10.1. The largest absolute Gasteiger partial charge is 0.508 e. The molecule has 0 aromatic heterocycles. The number of hydrogen-bond acceptors (Lipinski definition) is 1. The van der Waals surface area contributed by atoms with Gasteiger partial charge in [-0.25, -0.2) is 4.39 Å². The molecule has 4 aliphatic carbocycles. The molecule has 1 nitrogen and oxygen atoms in total. The predicted octanol–water partition coefficient (Wildman–Crippen LogP) is 4.00. The van der Waals surface area contributed by atoms with Gasteiger partial charge >= 0.3 is 0 Å². The first-order valence-electron chi connectivity index (χ1n) is 7.14. The highest BCUT2D eigenvalue weighted by atomic mass is 19.1. The molecule has 18 heavy (non-hydrogen) atoms. The lowest BCUT2D eigenvalue weighted by atomic mass is 9.48. The predicted molar refractivity (Wildman–Crippen MR) is 67.9 cm³/mol. The molecule has 0 heterocycles. The summed E-state index contributed by atoms with van der Waals surface area (Å²) in [7, 11) is 0. The van der Waals surface area contributed by atoms with Crippen LogP contribution < -0.4 is 0 Å². The van der Waals surface area contributed by atoms with Crippen LogP contribution in [-0.4, -0.2) is 5.11 Å². The zero-order chi connectivity index (χ0) is 12.3. The van der Waals surface area contributed by atoms with E-state index in [0.717, 1.165) is 42.6 Å². The lowest BCUT2D eigenvalue weighted by Gasteiger charge is -2.57. The van der Waals surface area contributed by atoms with Crippen molar-refractivity contribution in [2.45, 2.75) is 43.9 Å². The second kappa shape index (κ2) is 3.49. The molecule has 0 saturated heterocycles. The summed E-state index contributed by atoms with van der Waals surface area (Å²) < 4.78 is 13.5. The van der Waals surface area contributed by atoms with Crippen LogP contribution >= 0.6 is 0 Å². The molecule has 4 bridgehead atoms. The van der Waals surface area contributed by atoms with Crippen molar-refractivity contribution in [2.24, 2.45) is 17.8 Å². The molecular formula is C16H19FO. The SMILES string of the molecule is Oc1ccc(F)cc1C12CC3CC(CC(C3)C1)C2. The van der Waals surface area contributed by atoms with Gasteiger partial charge in [-0.2, -0.15) is 0 Å². The van der Waals surface area contributed by atoms with Crippen LogP contribution in [0, 0.1) is 23.6 Å². The Morgan fingerprint density at radius 1 is 1.00 bits per heavy atom. The lowest BCUT2D eigenvalue weighted by Crippen LogP contribution is -2.48. The summed E-state index contributed by atoms with van der Waals surface area (Å²) in [6, 6.07) is 4.48. The highest BCUT2D eigenvalue weighted by Crippen LogP contribution is 2.61. The summed E-state index contributed by atoms with van der Waals surface area (Å²) in [6.45, 7) is 0. The van der Waals surface area contributed by atoms with Crippen molar-refractivity contribution >= 4 is 0 Å². The zero-order valence-electron chi connectivity index (χ0n) is 10.5. The van der Waals surface area contributed by atoms with Gasteiger partial charge in [0, 0.05) is 5.56 Å². The third-order valence-corrected chi connectivity index (χ3v) is 5.57. The summed E-state index contributed by atoms with van der Waals surface area (Å²) in [4.78, 5) is 0. The quantitative estimate of drug-likeness (QED) is 0.794. The Balaban J connectivity index is 1.81. The Labute approximate surface area is 107 Å². The smallest absolute Gasteiger partial charge is 0.123 e. The number of benzene rings is 1. The van der Waals surface area contributed by atoms with Gasteiger partial charge < -0.3 is 5.11 Å². The second-order valence-electron chi connectivity index (χ2n) is 6.86. The van der Waals surface area contributed by atoms with Crippen LogP contribution in [0.5, 0.6) is 5.75 Å². The maximum Gasteiger partial charge on any atom is 0.123 e. The Hall–Kier alpha value is -1.05. The summed E-state index contributed by atoms with van der Waals surface area (Å²) in [5.41, 5.74) is 0.975. The summed E-state index contributed by atoms with van der Waals surface area (Å²) in [6.07, 6.45) is 7.60. The Kier molecular flexibility index (Phi) is 2.10. The van der Waals surface area contributed by atoms with Gasteiger partial charge in [0.15, 0.2) is 0 Å². The minimum absolute atomic E-state index is 0.0843. The molecule has 1 aromatic rings. The van der Waals surface area contributed by atoms with Crippen molar-refractivity contribution in [3.63, 3.8) is 0 Å². The van der Waals surface area contributed by atoms with Crippen molar-refractivity contribution in [3.8, 4) is 5.75 Å². The Morgan fingerprint density at radius 2 is 1.56 bits per heavy atom. The van der Waals surface area contributed by atoms with E-state index in [-0.39, 0.29) is 11.2 Å². The third kappa shape index (κ3) is 1.44. The molecule has 96 valence electrons. The van der Waals surface area contributed by atoms with Crippen LogP contribution in [-0.2, 0) is 5.41 Å². The van der Waals surface area contributed by atoms with E-state index in [9.17, 15) is 9.50 Å². The van der Waals surface area contributed by atoms with E-state index in [2.05, 4.69) is 0 Å². The van der Waals surface area contributed by atoms with Gasteiger partial charge in [-0.1, -0.05) is 0 Å². The van der Waals surface area contributed by atoms with E-state index in [4.69, 9.17) is 0 Å². The fourth-order valence-electron chi connectivity index (χ4n) is 5.37. The van der Waals surface area contributed by atoms with Crippen LogP contribution in [0.15, 0.2) is 18.2 Å². The molecule has 2 heteroatoms. The molecule has 4 aliphatic rings.